The second-order valence-electron chi connectivity index (χ2n) is 6.12. The molecule has 0 saturated heterocycles. The van der Waals surface area contributed by atoms with E-state index in [1.807, 2.05) is 24.3 Å². The molecule has 0 heterocycles. The van der Waals surface area contributed by atoms with Crippen molar-refractivity contribution in [3.63, 3.8) is 0 Å². The lowest BCUT2D eigenvalue weighted by Gasteiger charge is -2.11. The molecule has 0 aromatic heterocycles. The number of benzene rings is 2. The van der Waals surface area contributed by atoms with E-state index in [1.54, 1.807) is 0 Å². The number of ether oxygens (including phenoxy) is 2. The summed E-state index contributed by atoms with van der Waals surface area (Å²) in [6, 6.07) is 13.4. The maximum atomic E-state index is 12.0. The topological polar surface area (TPSA) is 81.7 Å². The van der Waals surface area contributed by atoms with Gasteiger partial charge in [-0.15, -0.1) is 0 Å². The molecule has 0 unspecified atom stereocenters. The van der Waals surface area contributed by atoms with Gasteiger partial charge in [0.15, 0.2) is 6.61 Å². The third kappa shape index (κ3) is 5.67. The van der Waals surface area contributed by atoms with Crippen molar-refractivity contribution in [3.8, 4) is 0 Å². The highest BCUT2D eigenvalue weighted by molar-refractivity contribution is 5.96. The molecule has 27 heavy (non-hydrogen) atoms. The molecule has 0 bridgehead atoms. The zero-order valence-corrected chi connectivity index (χ0v) is 15.7. The molecular formula is C21H23NO5. The number of esters is 2. The minimum atomic E-state index is -0.645. The normalized spacial score (nSPS) is 11.4. The van der Waals surface area contributed by atoms with Crippen molar-refractivity contribution in [2.24, 2.45) is 0 Å². The van der Waals surface area contributed by atoms with Crippen LogP contribution >= 0.6 is 0 Å². The Kier molecular flexibility index (Phi) is 7.11. The summed E-state index contributed by atoms with van der Waals surface area (Å²) < 4.78 is 9.59. The molecular weight excluding hydrogens is 346 g/mol. The summed E-state index contributed by atoms with van der Waals surface area (Å²) >= 11 is 0. The average Bonchev–Trinajstić information content (AvgIpc) is 2.71. The molecule has 0 radical (unpaired) electrons. The van der Waals surface area contributed by atoms with Crippen LogP contribution in [0.15, 0.2) is 48.5 Å². The van der Waals surface area contributed by atoms with Crippen LogP contribution in [-0.2, 0) is 14.3 Å². The summed E-state index contributed by atoms with van der Waals surface area (Å²) in [5.41, 5.74) is 2.42. The van der Waals surface area contributed by atoms with Gasteiger partial charge < -0.3 is 14.8 Å². The number of hydrogen-bond donors (Lipinski definition) is 1. The first-order valence-corrected chi connectivity index (χ1v) is 8.70. The Hall–Kier alpha value is -3.15. The van der Waals surface area contributed by atoms with Crippen molar-refractivity contribution in [2.75, 3.05) is 19.0 Å². The number of rotatable bonds is 7. The smallest absolute Gasteiger partial charge is 0.338 e. The van der Waals surface area contributed by atoms with Gasteiger partial charge in [0, 0.05) is 5.69 Å². The van der Waals surface area contributed by atoms with Crippen LogP contribution < -0.4 is 5.32 Å². The van der Waals surface area contributed by atoms with Crippen LogP contribution in [0.2, 0.25) is 0 Å². The molecule has 0 saturated carbocycles. The Bertz CT molecular complexity index is 796. The standard InChI is InChI=1S/C21H23NO5/c1-4-14(2)15-9-11-18(12-10-15)22-19(23)13-27-21(25)17-7-5-16(6-8-17)20(24)26-3/h5-12,14H,4,13H2,1-3H3,(H,22,23)/t14-/m1/s1. The number of nitrogens with one attached hydrogen (secondary N) is 1. The third-order valence-corrected chi connectivity index (χ3v) is 4.25. The molecule has 1 N–H and O–H groups in total. The lowest BCUT2D eigenvalue weighted by atomic mass is 9.99. The van der Waals surface area contributed by atoms with Crippen molar-refractivity contribution in [2.45, 2.75) is 26.2 Å². The molecule has 142 valence electrons. The predicted octanol–water partition coefficient (Wildman–Crippen LogP) is 3.78. The number of carbonyl (C=O) groups excluding carboxylic acids is 3. The van der Waals surface area contributed by atoms with Gasteiger partial charge in [-0.25, -0.2) is 9.59 Å². The molecule has 0 aliphatic heterocycles. The van der Waals surface area contributed by atoms with Crippen molar-refractivity contribution >= 4 is 23.5 Å². The summed E-state index contributed by atoms with van der Waals surface area (Å²) in [6.07, 6.45) is 1.04. The Morgan fingerprint density at radius 3 is 2.00 bits per heavy atom. The van der Waals surface area contributed by atoms with E-state index in [4.69, 9.17) is 4.74 Å². The maximum Gasteiger partial charge on any atom is 0.338 e. The fraction of sp³-hybridized carbons (Fsp3) is 0.286. The fourth-order valence-electron chi connectivity index (χ4n) is 2.40. The summed E-state index contributed by atoms with van der Waals surface area (Å²) in [4.78, 5) is 35.3. The Labute approximate surface area is 158 Å². The van der Waals surface area contributed by atoms with Crippen LogP contribution in [0.25, 0.3) is 0 Å². The second kappa shape index (κ2) is 9.52. The van der Waals surface area contributed by atoms with Gasteiger partial charge in [-0.05, 0) is 54.3 Å². The van der Waals surface area contributed by atoms with E-state index in [1.165, 1.54) is 36.9 Å². The molecule has 0 aliphatic rings. The molecule has 2 rings (SSSR count). The fourth-order valence-corrected chi connectivity index (χ4v) is 2.40. The molecule has 0 aliphatic carbocycles. The van der Waals surface area contributed by atoms with Gasteiger partial charge in [0.25, 0.3) is 5.91 Å². The highest BCUT2D eigenvalue weighted by Gasteiger charge is 2.12. The molecule has 2 aromatic carbocycles. The predicted molar refractivity (Wildman–Crippen MR) is 102 cm³/mol. The lowest BCUT2D eigenvalue weighted by Crippen LogP contribution is -2.21. The number of methoxy groups -OCH3 is 1. The first-order valence-electron chi connectivity index (χ1n) is 8.70. The molecule has 6 heteroatoms. The number of hydrogen-bond acceptors (Lipinski definition) is 5. The summed E-state index contributed by atoms with van der Waals surface area (Å²) in [5.74, 6) is -1.10. The molecule has 0 spiro atoms. The van der Waals surface area contributed by atoms with E-state index in [0.717, 1.165) is 6.42 Å². The van der Waals surface area contributed by atoms with Gasteiger partial charge in [0.1, 0.15) is 0 Å². The van der Waals surface area contributed by atoms with E-state index >= 15 is 0 Å². The van der Waals surface area contributed by atoms with E-state index in [0.29, 0.717) is 17.2 Å². The monoisotopic (exact) mass is 369 g/mol. The molecule has 1 amide bonds. The van der Waals surface area contributed by atoms with Crippen molar-refractivity contribution in [3.05, 3.63) is 65.2 Å². The quantitative estimate of drug-likeness (QED) is 0.751. The first-order chi connectivity index (χ1) is 12.9. The molecule has 0 fully saturated rings. The van der Waals surface area contributed by atoms with E-state index in [-0.39, 0.29) is 5.56 Å². The number of anilines is 1. The van der Waals surface area contributed by atoms with Crippen LogP contribution in [-0.4, -0.2) is 31.6 Å². The maximum absolute atomic E-state index is 12.0. The molecule has 6 nitrogen and oxygen atoms in total. The van der Waals surface area contributed by atoms with E-state index in [2.05, 4.69) is 23.9 Å². The van der Waals surface area contributed by atoms with Crippen LogP contribution in [0.1, 0.15) is 52.5 Å². The van der Waals surface area contributed by atoms with Crippen molar-refractivity contribution < 1.29 is 23.9 Å². The minimum absolute atomic E-state index is 0.244. The Balaban J connectivity index is 1.85. The largest absolute Gasteiger partial charge is 0.465 e. The van der Waals surface area contributed by atoms with Crippen molar-refractivity contribution in [1.29, 1.82) is 0 Å². The highest BCUT2D eigenvalue weighted by atomic mass is 16.5. The van der Waals surface area contributed by atoms with E-state index < -0.39 is 24.5 Å². The van der Waals surface area contributed by atoms with Gasteiger partial charge in [0.05, 0.1) is 18.2 Å². The van der Waals surface area contributed by atoms with Crippen LogP contribution in [0.4, 0.5) is 5.69 Å². The average molecular weight is 369 g/mol. The number of carbonyl (C=O) groups is 3. The van der Waals surface area contributed by atoms with E-state index in [9.17, 15) is 14.4 Å². The lowest BCUT2D eigenvalue weighted by molar-refractivity contribution is -0.119. The number of amides is 1. The summed E-state index contributed by atoms with van der Waals surface area (Å²) in [7, 11) is 1.28. The summed E-state index contributed by atoms with van der Waals surface area (Å²) in [5, 5.41) is 2.69. The minimum Gasteiger partial charge on any atom is -0.465 e. The Morgan fingerprint density at radius 1 is 0.926 bits per heavy atom. The zero-order valence-electron chi connectivity index (χ0n) is 15.7. The summed E-state index contributed by atoms with van der Waals surface area (Å²) in [6.45, 7) is 3.87. The molecule has 2 aromatic rings. The first kappa shape index (κ1) is 20.2. The molecule has 1 atom stereocenters. The van der Waals surface area contributed by atoms with Gasteiger partial charge in [0.2, 0.25) is 0 Å². The SMILES string of the molecule is CC[C@@H](C)c1ccc(NC(=O)COC(=O)c2ccc(C(=O)OC)cc2)cc1. The van der Waals surface area contributed by atoms with Gasteiger partial charge in [-0.2, -0.15) is 0 Å². The zero-order chi connectivity index (χ0) is 19.8. The van der Waals surface area contributed by atoms with Gasteiger partial charge >= 0.3 is 11.9 Å². The van der Waals surface area contributed by atoms with Gasteiger partial charge in [-0.1, -0.05) is 26.0 Å². The third-order valence-electron chi connectivity index (χ3n) is 4.25. The van der Waals surface area contributed by atoms with Crippen LogP contribution in [0, 0.1) is 0 Å². The second-order valence-corrected chi connectivity index (χ2v) is 6.12. The van der Waals surface area contributed by atoms with Crippen molar-refractivity contribution in [1.82, 2.24) is 0 Å². The van der Waals surface area contributed by atoms with Crippen LogP contribution in [0.3, 0.4) is 0 Å². The van der Waals surface area contributed by atoms with Crippen LogP contribution in [0.5, 0.6) is 0 Å². The van der Waals surface area contributed by atoms with Gasteiger partial charge in [-0.3, -0.25) is 4.79 Å². The highest BCUT2D eigenvalue weighted by Crippen LogP contribution is 2.20. The Morgan fingerprint density at radius 2 is 1.48 bits per heavy atom.